The number of carbonyl (C=O) groups excluding carboxylic acids is 1. The Labute approximate surface area is 133 Å². The lowest BCUT2D eigenvalue weighted by molar-refractivity contribution is -0.118. The summed E-state index contributed by atoms with van der Waals surface area (Å²) in [5.41, 5.74) is 6.87. The Hall–Kier alpha value is -1.53. The number of amides is 1. The van der Waals surface area contributed by atoms with Crippen LogP contribution in [0, 0.1) is 0 Å². The lowest BCUT2D eigenvalue weighted by atomic mass is 10.2. The second-order valence-corrected chi connectivity index (χ2v) is 5.77. The van der Waals surface area contributed by atoms with Crippen LogP contribution in [0.15, 0.2) is 51.4 Å². The fraction of sp³-hybridized carbons (Fsp3) is 0.0714. The minimum absolute atomic E-state index is 0.0774. The number of nitrogens with one attached hydrogen (secondary N) is 1. The van der Waals surface area contributed by atoms with Crippen molar-refractivity contribution >= 4 is 49.1 Å². The average molecular weight is 400 g/mol. The molecule has 0 radical (unpaired) electrons. The summed E-state index contributed by atoms with van der Waals surface area (Å²) in [6.45, 7) is -0.0774. The van der Waals surface area contributed by atoms with Gasteiger partial charge in [-0.2, -0.15) is 0 Å². The number of carbonyl (C=O) groups is 1. The molecule has 2 rings (SSSR count). The molecule has 0 aromatic heterocycles. The average Bonchev–Trinajstić information content (AvgIpc) is 2.42. The molecule has 0 aliphatic heterocycles. The normalized spacial score (nSPS) is 10.1. The summed E-state index contributed by atoms with van der Waals surface area (Å²) in [7, 11) is 0. The monoisotopic (exact) mass is 398 g/mol. The summed E-state index contributed by atoms with van der Waals surface area (Å²) in [5.74, 6) is 0.370. The Bertz CT molecular complexity index is 595. The molecular weight excluding hydrogens is 388 g/mol. The van der Waals surface area contributed by atoms with Crippen LogP contribution in [0.1, 0.15) is 0 Å². The van der Waals surface area contributed by atoms with Crippen molar-refractivity contribution in [3.63, 3.8) is 0 Å². The van der Waals surface area contributed by atoms with E-state index in [2.05, 4.69) is 37.2 Å². The molecule has 4 nitrogen and oxygen atoms in total. The van der Waals surface area contributed by atoms with E-state index in [4.69, 9.17) is 10.5 Å². The molecule has 1 amide bonds. The maximum atomic E-state index is 11.9. The number of halogens is 2. The van der Waals surface area contributed by atoms with Crippen LogP contribution in [0.4, 0.5) is 11.4 Å². The minimum atomic E-state index is -0.274. The molecule has 6 heteroatoms. The van der Waals surface area contributed by atoms with Crippen LogP contribution in [0.25, 0.3) is 0 Å². The fourth-order valence-corrected chi connectivity index (χ4v) is 2.92. The Morgan fingerprint density at radius 2 is 1.90 bits per heavy atom. The van der Waals surface area contributed by atoms with Gasteiger partial charge in [0.2, 0.25) is 0 Å². The third-order valence-corrected chi connectivity index (χ3v) is 3.55. The molecule has 0 unspecified atom stereocenters. The Kier molecular flexibility index (Phi) is 5.03. The van der Waals surface area contributed by atoms with Crippen molar-refractivity contribution in [3.8, 4) is 5.75 Å². The number of nitrogen functional groups attached to an aromatic ring is 1. The van der Waals surface area contributed by atoms with E-state index in [1.54, 1.807) is 18.2 Å². The molecule has 0 bridgehead atoms. The largest absolute Gasteiger partial charge is 0.484 e. The first kappa shape index (κ1) is 14.9. The molecule has 2 aromatic rings. The Morgan fingerprint density at radius 1 is 1.20 bits per heavy atom. The summed E-state index contributed by atoms with van der Waals surface area (Å²) in [6.07, 6.45) is 0. The maximum Gasteiger partial charge on any atom is 0.262 e. The van der Waals surface area contributed by atoms with Gasteiger partial charge in [0, 0.05) is 8.95 Å². The number of hydrogen-bond acceptors (Lipinski definition) is 3. The van der Waals surface area contributed by atoms with Gasteiger partial charge in [0.15, 0.2) is 6.61 Å². The zero-order chi connectivity index (χ0) is 14.5. The van der Waals surface area contributed by atoms with Crippen molar-refractivity contribution in [1.82, 2.24) is 0 Å². The highest BCUT2D eigenvalue weighted by molar-refractivity contribution is 9.11. The number of nitrogens with two attached hydrogens (primary N) is 1. The molecule has 0 saturated carbocycles. The predicted molar refractivity (Wildman–Crippen MR) is 86.8 cm³/mol. The Morgan fingerprint density at radius 3 is 2.55 bits per heavy atom. The van der Waals surface area contributed by atoms with Crippen molar-refractivity contribution in [2.45, 2.75) is 0 Å². The van der Waals surface area contributed by atoms with E-state index >= 15 is 0 Å². The van der Waals surface area contributed by atoms with Gasteiger partial charge in [-0.25, -0.2) is 0 Å². The van der Waals surface area contributed by atoms with Crippen LogP contribution in [0.5, 0.6) is 5.75 Å². The number of anilines is 2. The highest BCUT2D eigenvalue weighted by Crippen LogP contribution is 2.32. The van der Waals surface area contributed by atoms with Crippen molar-refractivity contribution in [1.29, 1.82) is 0 Å². The summed E-state index contributed by atoms with van der Waals surface area (Å²) >= 11 is 6.68. The molecule has 0 fully saturated rings. The lowest BCUT2D eigenvalue weighted by Gasteiger charge is -2.11. The van der Waals surface area contributed by atoms with E-state index in [1.165, 1.54) is 0 Å². The third-order valence-electron chi connectivity index (χ3n) is 2.46. The van der Waals surface area contributed by atoms with E-state index < -0.39 is 0 Å². The van der Waals surface area contributed by atoms with Gasteiger partial charge in [-0.05, 0) is 40.2 Å². The van der Waals surface area contributed by atoms with E-state index in [0.717, 1.165) is 4.47 Å². The highest BCUT2D eigenvalue weighted by Gasteiger charge is 2.10. The molecule has 2 aromatic carbocycles. The number of benzene rings is 2. The smallest absolute Gasteiger partial charge is 0.262 e. The summed E-state index contributed by atoms with van der Waals surface area (Å²) in [6, 6.07) is 12.7. The maximum absolute atomic E-state index is 11.9. The molecule has 3 N–H and O–H groups in total. The molecule has 0 heterocycles. The van der Waals surface area contributed by atoms with Crippen LogP contribution in [0.2, 0.25) is 0 Å². The van der Waals surface area contributed by atoms with Crippen LogP contribution >= 0.6 is 31.9 Å². The first-order valence-electron chi connectivity index (χ1n) is 5.78. The number of rotatable bonds is 4. The van der Waals surface area contributed by atoms with Gasteiger partial charge in [0.1, 0.15) is 5.75 Å². The van der Waals surface area contributed by atoms with Crippen molar-refractivity contribution in [2.75, 3.05) is 17.7 Å². The van der Waals surface area contributed by atoms with E-state index in [1.807, 2.05) is 24.3 Å². The molecule has 20 heavy (non-hydrogen) atoms. The van der Waals surface area contributed by atoms with Gasteiger partial charge < -0.3 is 15.8 Å². The van der Waals surface area contributed by atoms with Gasteiger partial charge in [0.25, 0.3) is 5.91 Å². The van der Waals surface area contributed by atoms with E-state index in [0.29, 0.717) is 21.6 Å². The lowest BCUT2D eigenvalue weighted by Crippen LogP contribution is -2.21. The quantitative estimate of drug-likeness (QED) is 0.768. The van der Waals surface area contributed by atoms with Crippen LogP contribution in [-0.4, -0.2) is 12.5 Å². The standard InChI is InChI=1S/C14H12Br2N2O2/c15-9-6-11(16)14(12(17)7-9)18-13(19)8-20-10-4-2-1-3-5-10/h1-7H,8,17H2,(H,18,19). The molecule has 0 aliphatic rings. The molecular formula is C14H12Br2N2O2. The van der Waals surface area contributed by atoms with Crippen molar-refractivity contribution in [2.24, 2.45) is 0 Å². The van der Waals surface area contributed by atoms with Crippen LogP contribution < -0.4 is 15.8 Å². The SMILES string of the molecule is Nc1cc(Br)cc(Br)c1NC(=O)COc1ccccc1. The molecule has 0 saturated heterocycles. The molecule has 0 aliphatic carbocycles. The summed E-state index contributed by atoms with van der Waals surface area (Å²) in [5, 5.41) is 2.72. The summed E-state index contributed by atoms with van der Waals surface area (Å²) < 4.78 is 6.91. The zero-order valence-electron chi connectivity index (χ0n) is 10.4. The van der Waals surface area contributed by atoms with Gasteiger partial charge in [-0.15, -0.1) is 0 Å². The summed E-state index contributed by atoms with van der Waals surface area (Å²) in [4.78, 5) is 11.9. The third kappa shape index (κ3) is 3.98. The number of para-hydroxylation sites is 1. The number of ether oxygens (including phenoxy) is 1. The molecule has 104 valence electrons. The van der Waals surface area contributed by atoms with Gasteiger partial charge in [-0.3, -0.25) is 4.79 Å². The van der Waals surface area contributed by atoms with Crippen LogP contribution in [-0.2, 0) is 4.79 Å². The first-order valence-corrected chi connectivity index (χ1v) is 7.37. The molecule has 0 atom stereocenters. The van der Waals surface area contributed by atoms with Gasteiger partial charge >= 0.3 is 0 Å². The predicted octanol–water partition coefficient (Wildman–Crippen LogP) is 3.81. The van der Waals surface area contributed by atoms with Crippen molar-refractivity contribution in [3.05, 3.63) is 51.4 Å². The van der Waals surface area contributed by atoms with E-state index in [9.17, 15) is 4.79 Å². The minimum Gasteiger partial charge on any atom is -0.484 e. The van der Waals surface area contributed by atoms with Crippen LogP contribution in [0.3, 0.4) is 0 Å². The first-order chi connectivity index (χ1) is 9.56. The zero-order valence-corrected chi connectivity index (χ0v) is 13.6. The highest BCUT2D eigenvalue weighted by atomic mass is 79.9. The molecule has 0 spiro atoms. The second-order valence-electron chi connectivity index (χ2n) is 4.00. The van der Waals surface area contributed by atoms with Crippen molar-refractivity contribution < 1.29 is 9.53 Å². The van der Waals surface area contributed by atoms with Gasteiger partial charge in [-0.1, -0.05) is 34.1 Å². The van der Waals surface area contributed by atoms with Gasteiger partial charge in [0.05, 0.1) is 11.4 Å². The fourth-order valence-electron chi connectivity index (χ4n) is 1.57. The number of hydrogen-bond donors (Lipinski definition) is 2. The van der Waals surface area contributed by atoms with E-state index in [-0.39, 0.29) is 12.5 Å². The second kappa shape index (κ2) is 6.76. The Balaban J connectivity index is 1.98. The topological polar surface area (TPSA) is 64.3 Å².